The Kier molecular flexibility index (Phi) is 3.33. The van der Waals surface area contributed by atoms with Crippen molar-refractivity contribution in [3.8, 4) is 0 Å². The maximum absolute atomic E-state index is 10.0. The molecule has 14 heavy (non-hydrogen) atoms. The van der Waals surface area contributed by atoms with Crippen molar-refractivity contribution in [3.63, 3.8) is 0 Å². The molecular formula is C9H9ClN2OS. The highest BCUT2D eigenvalue weighted by atomic mass is 35.5. The number of hydrogen-bond acceptors (Lipinski definition) is 3. The molecule has 2 aliphatic carbocycles. The van der Waals surface area contributed by atoms with Crippen LogP contribution in [0, 0.1) is 10.4 Å². The van der Waals surface area contributed by atoms with Gasteiger partial charge in [0.05, 0.1) is 0 Å². The second-order valence-corrected chi connectivity index (χ2v) is 3.53. The molecule has 0 aromatic carbocycles. The van der Waals surface area contributed by atoms with E-state index in [4.69, 9.17) is 5.73 Å². The van der Waals surface area contributed by atoms with E-state index in [1.165, 1.54) is 21.8 Å². The maximum Gasteiger partial charge on any atom is 0.304 e. The number of aromatic nitrogens is 1. The van der Waals surface area contributed by atoms with Crippen LogP contribution in [-0.2, 0) is 0 Å². The predicted molar refractivity (Wildman–Crippen MR) is 60.7 cm³/mol. The first kappa shape index (κ1) is 10.8. The van der Waals surface area contributed by atoms with E-state index >= 15 is 0 Å². The summed E-state index contributed by atoms with van der Waals surface area (Å²) in [7, 11) is 0. The third-order valence-corrected chi connectivity index (χ3v) is 2.41. The Balaban J connectivity index is 0.000000132. The van der Waals surface area contributed by atoms with Crippen molar-refractivity contribution in [2.45, 2.75) is 0 Å². The van der Waals surface area contributed by atoms with Crippen LogP contribution in [0.2, 0.25) is 0 Å². The number of nitrogen functional groups attached to an aromatic ring is 1. The summed E-state index contributed by atoms with van der Waals surface area (Å²) < 4.78 is 0. The highest BCUT2D eigenvalue weighted by Gasteiger charge is 1.98. The summed E-state index contributed by atoms with van der Waals surface area (Å²) in [5, 5.41) is 4.28. The lowest BCUT2D eigenvalue weighted by Gasteiger charge is -2.03. The van der Waals surface area contributed by atoms with Crippen molar-refractivity contribution < 1.29 is 0 Å². The van der Waals surface area contributed by atoms with Crippen molar-refractivity contribution in [2.75, 3.05) is 5.73 Å². The van der Waals surface area contributed by atoms with Crippen LogP contribution in [0.3, 0.4) is 0 Å². The molecule has 0 fully saturated rings. The molecule has 3 N–H and O–H groups in total. The molecule has 1 heterocycles. The third-order valence-electron chi connectivity index (χ3n) is 1.81. The quantitative estimate of drug-likeness (QED) is 0.576. The molecule has 0 aliphatic heterocycles. The zero-order chi connectivity index (χ0) is 9.26. The Hall–Kier alpha value is -1.26. The van der Waals surface area contributed by atoms with Crippen LogP contribution in [0.25, 0.3) is 0 Å². The van der Waals surface area contributed by atoms with Gasteiger partial charge in [0, 0.05) is 22.5 Å². The van der Waals surface area contributed by atoms with Crippen LogP contribution in [-0.4, -0.2) is 4.98 Å². The van der Waals surface area contributed by atoms with Gasteiger partial charge >= 0.3 is 4.87 Å². The molecule has 0 radical (unpaired) electrons. The number of nitrogens with two attached hydrogens (primary N) is 1. The molecular weight excluding hydrogens is 220 g/mol. The molecule has 74 valence electrons. The standard InChI is InChI=1S/C6H5N.C3H3NOS.ClH/c7-6-3-4-1-2-5(4)6;5-3-4-1-2-6-3;/h1-3H,7H2;1-2H,(H,4,5);1H. The molecule has 0 spiro atoms. The van der Waals surface area contributed by atoms with E-state index in [0.717, 1.165) is 5.69 Å². The molecule has 0 amide bonds. The number of nitrogens with one attached hydrogen (secondary N) is 1. The fourth-order valence-electron chi connectivity index (χ4n) is 1.05. The SMILES string of the molecule is Cl.Nc1cc2ccc1=2.O=c1[nH]ccs1. The molecule has 5 heteroatoms. The highest BCUT2D eigenvalue weighted by Crippen LogP contribution is 2.16. The summed E-state index contributed by atoms with van der Waals surface area (Å²) in [4.78, 5) is 12.5. The van der Waals surface area contributed by atoms with Gasteiger partial charge < -0.3 is 10.7 Å². The third kappa shape index (κ3) is 1.97. The number of halogens is 1. The van der Waals surface area contributed by atoms with Gasteiger partial charge in [-0.2, -0.15) is 0 Å². The van der Waals surface area contributed by atoms with Crippen LogP contribution in [0.15, 0.2) is 34.6 Å². The number of rotatable bonds is 0. The van der Waals surface area contributed by atoms with Crippen LogP contribution in [0.4, 0.5) is 5.69 Å². The fraction of sp³-hybridized carbons (Fsp3) is 0. The van der Waals surface area contributed by atoms with Gasteiger partial charge in [0.25, 0.3) is 0 Å². The van der Waals surface area contributed by atoms with Gasteiger partial charge in [-0.1, -0.05) is 23.5 Å². The molecule has 0 unspecified atom stereocenters. The highest BCUT2D eigenvalue weighted by molar-refractivity contribution is 7.07. The van der Waals surface area contributed by atoms with Crippen molar-refractivity contribution in [2.24, 2.45) is 0 Å². The Morgan fingerprint density at radius 3 is 2.21 bits per heavy atom. The van der Waals surface area contributed by atoms with Gasteiger partial charge in [0.2, 0.25) is 0 Å². The van der Waals surface area contributed by atoms with Crippen LogP contribution in [0.5, 0.6) is 0 Å². The van der Waals surface area contributed by atoms with Gasteiger partial charge in [0.15, 0.2) is 0 Å². The molecule has 0 saturated carbocycles. The smallest absolute Gasteiger partial charge is 0.304 e. The molecule has 3 nitrogen and oxygen atoms in total. The summed E-state index contributed by atoms with van der Waals surface area (Å²) in [6.07, 6.45) is 1.62. The molecule has 0 atom stereocenters. The molecule has 1 aromatic rings. The van der Waals surface area contributed by atoms with Crippen molar-refractivity contribution in [3.05, 3.63) is 49.9 Å². The summed E-state index contributed by atoms with van der Waals surface area (Å²) >= 11 is 1.17. The number of thiazole rings is 1. The average Bonchev–Trinajstić information content (AvgIpc) is 2.52. The molecule has 0 bridgehead atoms. The number of aromatic amines is 1. The zero-order valence-corrected chi connectivity index (χ0v) is 8.82. The zero-order valence-electron chi connectivity index (χ0n) is 7.19. The van der Waals surface area contributed by atoms with Gasteiger partial charge in [-0.15, -0.1) is 12.4 Å². The van der Waals surface area contributed by atoms with Gasteiger partial charge in [-0.05, 0) is 11.3 Å². The van der Waals surface area contributed by atoms with E-state index in [2.05, 4.69) is 11.1 Å². The Morgan fingerprint density at radius 2 is 2.14 bits per heavy atom. The maximum atomic E-state index is 10.0. The summed E-state index contributed by atoms with van der Waals surface area (Å²) in [5.74, 6) is 0. The second kappa shape index (κ2) is 4.30. The topological polar surface area (TPSA) is 58.9 Å². The predicted octanol–water partition coefficient (Wildman–Crippen LogP) is 1.73. The second-order valence-electron chi connectivity index (χ2n) is 2.65. The minimum atomic E-state index is 0. The van der Waals surface area contributed by atoms with Gasteiger partial charge in [-0.25, -0.2) is 0 Å². The monoisotopic (exact) mass is 228 g/mol. The first-order valence-electron chi connectivity index (χ1n) is 3.79. The molecule has 0 saturated heterocycles. The van der Waals surface area contributed by atoms with E-state index in [1.54, 1.807) is 11.6 Å². The van der Waals surface area contributed by atoms with Crippen LogP contribution < -0.4 is 10.6 Å². The Bertz CT molecular complexity index is 544. The van der Waals surface area contributed by atoms with Crippen molar-refractivity contribution >= 4 is 29.4 Å². The summed E-state index contributed by atoms with van der Waals surface area (Å²) in [6.45, 7) is 0. The summed E-state index contributed by atoms with van der Waals surface area (Å²) in [5.41, 5.74) is 6.36. The first-order valence-corrected chi connectivity index (χ1v) is 4.67. The minimum absolute atomic E-state index is 0. The number of H-pyrrole nitrogens is 1. The number of anilines is 1. The lowest BCUT2D eigenvalue weighted by molar-refractivity contribution is 1.35. The number of hydrogen-bond donors (Lipinski definition) is 2. The van der Waals surface area contributed by atoms with Crippen molar-refractivity contribution in [1.82, 2.24) is 4.98 Å². The van der Waals surface area contributed by atoms with Gasteiger partial charge in [-0.3, -0.25) is 4.79 Å². The average molecular weight is 229 g/mol. The van der Waals surface area contributed by atoms with Crippen molar-refractivity contribution in [1.29, 1.82) is 0 Å². The lowest BCUT2D eigenvalue weighted by atomic mass is 10.1. The molecule has 2 aliphatic rings. The summed E-state index contributed by atoms with van der Waals surface area (Å²) in [6, 6.07) is 6.08. The van der Waals surface area contributed by atoms with Crippen LogP contribution >= 0.6 is 23.7 Å². The fourth-order valence-corrected chi connectivity index (χ4v) is 1.45. The van der Waals surface area contributed by atoms with Gasteiger partial charge in [0.1, 0.15) is 0 Å². The van der Waals surface area contributed by atoms with E-state index in [1.807, 2.05) is 12.1 Å². The normalized spacial score (nSPS) is 9.43. The van der Waals surface area contributed by atoms with Crippen LogP contribution in [0.1, 0.15) is 0 Å². The van der Waals surface area contributed by atoms with E-state index in [-0.39, 0.29) is 17.3 Å². The Labute approximate surface area is 90.3 Å². The van der Waals surface area contributed by atoms with E-state index in [0.29, 0.717) is 0 Å². The molecule has 1 aromatic heterocycles. The van der Waals surface area contributed by atoms with E-state index < -0.39 is 0 Å². The number of benzene rings is 1. The first-order chi connectivity index (χ1) is 6.27. The Morgan fingerprint density at radius 1 is 1.36 bits per heavy atom. The lowest BCUT2D eigenvalue weighted by Crippen LogP contribution is -1.95. The largest absolute Gasteiger partial charge is 0.398 e. The molecule has 3 rings (SSSR count). The van der Waals surface area contributed by atoms with E-state index in [9.17, 15) is 4.79 Å². The minimum Gasteiger partial charge on any atom is -0.398 e.